The lowest BCUT2D eigenvalue weighted by Gasteiger charge is -2.34. The van der Waals surface area contributed by atoms with Gasteiger partial charge in [0.15, 0.2) is 11.5 Å². The van der Waals surface area contributed by atoms with Crippen molar-refractivity contribution in [1.29, 1.82) is 0 Å². The molecule has 4 aromatic carbocycles. The maximum Gasteiger partial charge on any atom is 0.264 e. The van der Waals surface area contributed by atoms with E-state index in [0.717, 1.165) is 46.0 Å². The number of nitrogens with zero attached hydrogens (tertiary/aromatic N) is 2. The predicted octanol–water partition coefficient (Wildman–Crippen LogP) is 5.90. The minimum Gasteiger partial charge on any atom is -0.493 e. The third kappa shape index (κ3) is 9.13. The van der Waals surface area contributed by atoms with E-state index in [1.165, 1.54) is 49.5 Å². The van der Waals surface area contributed by atoms with E-state index in [4.69, 9.17) is 9.47 Å². The highest BCUT2D eigenvalue weighted by Gasteiger charge is 2.35. The second-order valence-corrected chi connectivity index (χ2v) is 13.2. The van der Waals surface area contributed by atoms with Gasteiger partial charge in [-0.2, -0.15) is 0 Å². The second kappa shape index (κ2) is 16.8. The van der Waals surface area contributed by atoms with E-state index in [9.17, 15) is 22.4 Å². The van der Waals surface area contributed by atoms with Crippen LogP contribution in [0, 0.1) is 12.7 Å². The fourth-order valence-electron chi connectivity index (χ4n) is 5.31. The lowest BCUT2D eigenvalue weighted by molar-refractivity contribution is -0.140. The molecule has 0 aromatic heterocycles. The summed E-state index contributed by atoms with van der Waals surface area (Å²) in [6, 6.07) is 24.9. The van der Waals surface area contributed by atoms with Gasteiger partial charge in [0, 0.05) is 25.6 Å². The van der Waals surface area contributed by atoms with Gasteiger partial charge in [-0.15, -0.1) is 0 Å². The van der Waals surface area contributed by atoms with Crippen LogP contribution >= 0.6 is 0 Å². The molecule has 0 bridgehead atoms. The molecule has 11 heteroatoms. The zero-order valence-corrected chi connectivity index (χ0v) is 28.5. The van der Waals surface area contributed by atoms with E-state index in [0.29, 0.717) is 12.3 Å². The van der Waals surface area contributed by atoms with Crippen LogP contribution in [0.25, 0.3) is 0 Å². The molecule has 0 aliphatic heterocycles. The lowest BCUT2D eigenvalue weighted by Crippen LogP contribution is -2.53. The summed E-state index contributed by atoms with van der Waals surface area (Å²) >= 11 is 0. The van der Waals surface area contributed by atoms with Crippen molar-refractivity contribution in [2.45, 2.75) is 50.6 Å². The van der Waals surface area contributed by atoms with Crippen molar-refractivity contribution in [3.63, 3.8) is 0 Å². The van der Waals surface area contributed by atoms with Crippen LogP contribution in [0.3, 0.4) is 0 Å². The van der Waals surface area contributed by atoms with E-state index in [2.05, 4.69) is 5.32 Å². The fraction of sp³-hybridized carbons (Fsp3) is 0.297. The Hall–Kier alpha value is -4.90. The molecule has 254 valence electrons. The van der Waals surface area contributed by atoms with Crippen LogP contribution in [0.2, 0.25) is 0 Å². The Bertz CT molecular complexity index is 1780. The topological polar surface area (TPSA) is 105 Å². The molecule has 0 fully saturated rings. The number of rotatable bonds is 16. The molecule has 0 saturated heterocycles. The number of sulfonamides is 1. The lowest BCUT2D eigenvalue weighted by atomic mass is 10.0. The van der Waals surface area contributed by atoms with Crippen LogP contribution < -0.4 is 19.1 Å². The van der Waals surface area contributed by atoms with Crippen molar-refractivity contribution in [1.82, 2.24) is 10.2 Å². The average Bonchev–Trinajstić information content (AvgIpc) is 3.09. The number of aryl methyl sites for hydroxylation is 1. The van der Waals surface area contributed by atoms with Crippen LogP contribution in [-0.4, -0.2) is 58.5 Å². The maximum absolute atomic E-state index is 14.6. The summed E-state index contributed by atoms with van der Waals surface area (Å²) in [7, 11) is -1.61. The van der Waals surface area contributed by atoms with Gasteiger partial charge in [-0.1, -0.05) is 73.5 Å². The number of amides is 2. The summed E-state index contributed by atoms with van der Waals surface area (Å²) in [5, 5.41) is 2.98. The summed E-state index contributed by atoms with van der Waals surface area (Å²) in [6.07, 6.45) is 1.84. The number of hydrogen-bond donors (Lipinski definition) is 1. The summed E-state index contributed by atoms with van der Waals surface area (Å²) in [5.41, 5.74) is 2.65. The summed E-state index contributed by atoms with van der Waals surface area (Å²) in [6.45, 7) is 3.77. The molecule has 0 aliphatic rings. The van der Waals surface area contributed by atoms with Gasteiger partial charge in [0.1, 0.15) is 18.4 Å². The van der Waals surface area contributed by atoms with E-state index in [1.54, 1.807) is 0 Å². The number of nitrogens with one attached hydrogen (secondary N) is 1. The first-order chi connectivity index (χ1) is 23.1. The van der Waals surface area contributed by atoms with Gasteiger partial charge < -0.3 is 19.7 Å². The van der Waals surface area contributed by atoms with E-state index < -0.39 is 34.3 Å². The Balaban J connectivity index is 1.81. The van der Waals surface area contributed by atoms with E-state index in [-0.39, 0.29) is 35.2 Å². The van der Waals surface area contributed by atoms with Gasteiger partial charge in [0.25, 0.3) is 10.0 Å². The van der Waals surface area contributed by atoms with E-state index in [1.807, 2.05) is 68.4 Å². The van der Waals surface area contributed by atoms with Crippen molar-refractivity contribution in [2.24, 2.45) is 0 Å². The molecule has 0 aliphatic carbocycles. The molecule has 1 N–H and O–H groups in total. The zero-order chi connectivity index (χ0) is 34.7. The highest BCUT2D eigenvalue weighted by molar-refractivity contribution is 7.92. The van der Waals surface area contributed by atoms with Crippen molar-refractivity contribution >= 4 is 27.5 Å². The van der Waals surface area contributed by atoms with Gasteiger partial charge in [-0.05, 0) is 60.9 Å². The second-order valence-electron chi connectivity index (χ2n) is 11.4. The highest BCUT2D eigenvalue weighted by atomic mass is 32.2. The number of ether oxygens (including phenoxy) is 2. The van der Waals surface area contributed by atoms with Crippen LogP contribution in [0.4, 0.5) is 10.1 Å². The van der Waals surface area contributed by atoms with Gasteiger partial charge in [0.05, 0.1) is 24.8 Å². The number of methoxy groups -OCH3 is 2. The minimum atomic E-state index is -4.43. The molecule has 0 spiro atoms. The smallest absolute Gasteiger partial charge is 0.264 e. The molecule has 1 atom stereocenters. The molecule has 0 saturated carbocycles. The summed E-state index contributed by atoms with van der Waals surface area (Å²) < 4.78 is 54.2. The van der Waals surface area contributed by atoms with Crippen molar-refractivity contribution in [3.05, 3.63) is 120 Å². The molecule has 4 rings (SSSR count). The maximum atomic E-state index is 14.6. The van der Waals surface area contributed by atoms with Gasteiger partial charge in [-0.25, -0.2) is 12.8 Å². The standard InChI is InChI=1S/C37H42FN3O6S/c1-5-6-21-39-37(43)33(23-28-12-8-7-9-13-28)40(25-29-14-10-11-27(2)22-29)36(42)26-41(31-17-15-30(38)16-18-31)48(44,45)32-19-20-34(46-3)35(24-32)47-4/h7-20,22,24,33H,5-6,21,23,25-26H2,1-4H3,(H,39,43)/t33-/m0/s1. The Kier molecular flexibility index (Phi) is 12.6. The first-order valence-electron chi connectivity index (χ1n) is 15.7. The fourth-order valence-corrected chi connectivity index (χ4v) is 6.74. The quantitative estimate of drug-likeness (QED) is 0.148. The van der Waals surface area contributed by atoms with Gasteiger partial charge in [0.2, 0.25) is 11.8 Å². The number of benzene rings is 4. The minimum absolute atomic E-state index is 0.0485. The van der Waals surface area contributed by atoms with Crippen molar-refractivity contribution < 1.29 is 31.9 Å². The molecule has 48 heavy (non-hydrogen) atoms. The Morgan fingerprint density at radius 1 is 0.854 bits per heavy atom. The molecule has 4 aromatic rings. The SMILES string of the molecule is CCCCNC(=O)[C@H](Cc1ccccc1)N(Cc1cccc(C)c1)C(=O)CN(c1ccc(F)cc1)S(=O)(=O)c1ccc(OC)c(OC)c1. The normalized spacial score (nSPS) is 11.8. The first-order valence-corrected chi connectivity index (χ1v) is 17.2. The molecular weight excluding hydrogens is 633 g/mol. The number of anilines is 1. The van der Waals surface area contributed by atoms with Crippen LogP contribution in [-0.2, 0) is 32.6 Å². The predicted molar refractivity (Wildman–Crippen MR) is 184 cm³/mol. The summed E-state index contributed by atoms with van der Waals surface area (Å²) in [5.74, 6) is -1.03. The van der Waals surface area contributed by atoms with Crippen LogP contribution in [0.15, 0.2) is 102 Å². The third-order valence-corrected chi connectivity index (χ3v) is 9.64. The molecule has 0 radical (unpaired) electrons. The van der Waals surface area contributed by atoms with Gasteiger partial charge in [-0.3, -0.25) is 13.9 Å². The Morgan fingerprint density at radius 2 is 1.54 bits per heavy atom. The molecule has 9 nitrogen and oxygen atoms in total. The average molecular weight is 676 g/mol. The summed E-state index contributed by atoms with van der Waals surface area (Å²) in [4.78, 5) is 29.7. The van der Waals surface area contributed by atoms with Crippen molar-refractivity contribution in [2.75, 3.05) is 31.6 Å². The third-order valence-electron chi connectivity index (χ3n) is 7.87. The Morgan fingerprint density at radius 3 is 2.19 bits per heavy atom. The van der Waals surface area contributed by atoms with Crippen LogP contribution in [0.5, 0.6) is 11.5 Å². The number of unbranched alkanes of at least 4 members (excludes halogenated alkanes) is 1. The zero-order valence-electron chi connectivity index (χ0n) is 27.7. The van der Waals surface area contributed by atoms with Gasteiger partial charge >= 0.3 is 0 Å². The highest BCUT2D eigenvalue weighted by Crippen LogP contribution is 2.32. The number of carbonyl (C=O) groups is 2. The molecular formula is C37H42FN3O6S. The number of hydrogen-bond acceptors (Lipinski definition) is 6. The molecule has 0 unspecified atom stereocenters. The van der Waals surface area contributed by atoms with E-state index >= 15 is 0 Å². The monoisotopic (exact) mass is 675 g/mol. The molecule has 2 amide bonds. The Labute approximate surface area is 282 Å². The number of halogens is 1. The first kappa shape index (κ1) is 35.9. The van der Waals surface area contributed by atoms with Crippen molar-refractivity contribution in [3.8, 4) is 11.5 Å². The largest absolute Gasteiger partial charge is 0.493 e. The van der Waals surface area contributed by atoms with Crippen LogP contribution in [0.1, 0.15) is 36.5 Å². The molecule has 0 heterocycles. The number of carbonyl (C=O) groups excluding carboxylic acids is 2.